The molecule has 1 fully saturated rings. The van der Waals surface area contributed by atoms with Crippen LogP contribution in [0.5, 0.6) is 0 Å². The van der Waals surface area contributed by atoms with Gasteiger partial charge in [0.1, 0.15) is 9.84 Å². The highest BCUT2D eigenvalue weighted by Crippen LogP contribution is 2.15. The number of carbonyl (C=O) groups excluding carboxylic acids is 2. The zero-order valence-electron chi connectivity index (χ0n) is 16.6. The van der Waals surface area contributed by atoms with E-state index in [0.29, 0.717) is 44.8 Å². The van der Waals surface area contributed by atoms with Crippen LogP contribution in [-0.2, 0) is 14.6 Å². The SMILES string of the molecule is CS(=O)(=O)CCN1CCN(C(=O)CCNC(=O)c2ccc3ccccc3c2)CC1. The molecule has 8 heteroatoms. The van der Waals surface area contributed by atoms with Crippen molar-refractivity contribution in [3.05, 3.63) is 48.0 Å². The molecule has 0 spiro atoms. The number of fused-ring (bicyclic) bond motifs is 1. The molecule has 0 radical (unpaired) electrons. The van der Waals surface area contributed by atoms with Gasteiger partial charge in [-0.25, -0.2) is 8.42 Å². The lowest BCUT2D eigenvalue weighted by atomic mass is 10.1. The highest BCUT2D eigenvalue weighted by Gasteiger charge is 2.21. The van der Waals surface area contributed by atoms with Gasteiger partial charge in [0, 0.05) is 57.5 Å². The first-order valence-corrected chi connectivity index (χ1v) is 11.8. The Bertz CT molecular complexity index is 982. The number of hydrogen-bond donors (Lipinski definition) is 1. The summed E-state index contributed by atoms with van der Waals surface area (Å²) in [6.45, 7) is 3.30. The third kappa shape index (κ3) is 6.27. The highest BCUT2D eigenvalue weighted by molar-refractivity contribution is 7.90. The lowest BCUT2D eigenvalue weighted by molar-refractivity contribution is -0.132. The van der Waals surface area contributed by atoms with Crippen LogP contribution in [0.4, 0.5) is 0 Å². The molecular formula is C21H27N3O4S. The van der Waals surface area contributed by atoms with Gasteiger partial charge in [0.05, 0.1) is 5.75 Å². The van der Waals surface area contributed by atoms with Crippen LogP contribution < -0.4 is 5.32 Å². The molecule has 0 bridgehead atoms. The maximum atomic E-state index is 12.4. The molecule has 0 aromatic heterocycles. The Hall–Kier alpha value is -2.45. The predicted octanol–water partition coefficient (Wildman–Crippen LogP) is 1.15. The van der Waals surface area contributed by atoms with Gasteiger partial charge < -0.3 is 10.2 Å². The molecule has 2 amide bonds. The number of rotatable bonds is 7. The first kappa shape index (κ1) is 21.3. The molecule has 1 N–H and O–H groups in total. The van der Waals surface area contributed by atoms with E-state index < -0.39 is 9.84 Å². The summed E-state index contributed by atoms with van der Waals surface area (Å²) in [7, 11) is -2.97. The van der Waals surface area contributed by atoms with Gasteiger partial charge in [0.15, 0.2) is 0 Å². The summed E-state index contributed by atoms with van der Waals surface area (Å²) >= 11 is 0. The quantitative estimate of drug-likeness (QED) is 0.730. The molecule has 1 aliphatic heterocycles. The summed E-state index contributed by atoms with van der Waals surface area (Å²) in [5.74, 6) is -0.0393. The minimum Gasteiger partial charge on any atom is -0.352 e. The van der Waals surface area contributed by atoms with E-state index in [-0.39, 0.29) is 24.0 Å². The van der Waals surface area contributed by atoms with Crippen molar-refractivity contribution in [1.29, 1.82) is 0 Å². The van der Waals surface area contributed by atoms with Crippen LogP contribution in [0.2, 0.25) is 0 Å². The molecule has 0 atom stereocenters. The van der Waals surface area contributed by atoms with Crippen molar-refractivity contribution >= 4 is 32.4 Å². The standard InChI is InChI=1S/C21H27N3O4S/c1-29(27,28)15-14-23-10-12-24(13-11-23)20(25)8-9-22-21(26)19-7-6-17-4-2-3-5-18(17)16-19/h2-7,16H,8-15H2,1H3,(H,22,26). The third-order valence-corrected chi connectivity index (χ3v) is 6.06. The van der Waals surface area contributed by atoms with Gasteiger partial charge in [-0.05, 0) is 22.9 Å². The molecule has 7 nitrogen and oxygen atoms in total. The van der Waals surface area contributed by atoms with Gasteiger partial charge in [-0.3, -0.25) is 14.5 Å². The molecule has 0 aliphatic carbocycles. The maximum absolute atomic E-state index is 12.4. The molecule has 0 unspecified atom stereocenters. The summed E-state index contributed by atoms with van der Waals surface area (Å²) in [4.78, 5) is 28.6. The lowest BCUT2D eigenvalue weighted by Crippen LogP contribution is -2.50. The first-order chi connectivity index (χ1) is 13.8. The fourth-order valence-electron chi connectivity index (χ4n) is 3.39. The van der Waals surface area contributed by atoms with Gasteiger partial charge >= 0.3 is 0 Å². The number of hydrogen-bond acceptors (Lipinski definition) is 5. The van der Waals surface area contributed by atoms with Crippen molar-refractivity contribution in [2.45, 2.75) is 6.42 Å². The van der Waals surface area contributed by atoms with Crippen LogP contribution in [0.15, 0.2) is 42.5 Å². The van der Waals surface area contributed by atoms with E-state index in [9.17, 15) is 18.0 Å². The monoisotopic (exact) mass is 417 g/mol. The summed E-state index contributed by atoms with van der Waals surface area (Å²) in [5, 5.41) is 4.90. The van der Waals surface area contributed by atoms with Gasteiger partial charge in [0.25, 0.3) is 5.91 Å². The molecule has 1 heterocycles. The zero-order valence-corrected chi connectivity index (χ0v) is 17.5. The second-order valence-corrected chi connectivity index (χ2v) is 9.68. The van der Waals surface area contributed by atoms with E-state index in [2.05, 4.69) is 10.2 Å². The molecule has 1 aliphatic rings. The maximum Gasteiger partial charge on any atom is 0.251 e. The number of benzene rings is 2. The van der Waals surface area contributed by atoms with Gasteiger partial charge in [0.2, 0.25) is 5.91 Å². The number of amides is 2. The first-order valence-electron chi connectivity index (χ1n) is 9.77. The summed E-state index contributed by atoms with van der Waals surface area (Å²) in [6, 6.07) is 13.4. The minimum atomic E-state index is -2.97. The predicted molar refractivity (Wildman–Crippen MR) is 114 cm³/mol. The smallest absolute Gasteiger partial charge is 0.251 e. The molecule has 0 saturated carbocycles. The fourth-order valence-corrected chi connectivity index (χ4v) is 3.98. The number of nitrogens with zero attached hydrogens (tertiary/aromatic N) is 2. The van der Waals surface area contributed by atoms with Crippen LogP contribution in [-0.4, -0.2) is 81.3 Å². The van der Waals surface area contributed by atoms with E-state index in [0.717, 1.165) is 10.8 Å². The van der Waals surface area contributed by atoms with Crippen LogP contribution in [0.1, 0.15) is 16.8 Å². The van der Waals surface area contributed by atoms with Crippen LogP contribution in [0.3, 0.4) is 0 Å². The molecule has 2 aromatic rings. The van der Waals surface area contributed by atoms with Crippen molar-refractivity contribution in [1.82, 2.24) is 15.1 Å². The largest absolute Gasteiger partial charge is 0.352 e. The van der Waals surface area contributed by atoms with Crippen molar-refractivity contribution in [3.63, 3.8) is 0 Å². The summed E-state index contributed by atoms with van der Waals surface area (Å²) in [5.41, 5.74) is 0.579. The van der Waals surface area contributed by atoms with E-state index in [1.54, 1.807) is 11.0 Å². The fraction of sp³-hybridized carbons (Fsp3) is 0.429. The molecular weight excluding hydrogens is 390 g/mol. The molecule has 1 saturated heterocycles. The Labute approximate surface area is 171 Å². The van der Waals surface area contributed by atoms with Crippen molar-refractivity contribution in [2.24, 2.45) is 0 Å². The van der Waals surface area contributed by atoms with Gasteiger partial charge in [-0.15, -0.1) is 0 Å². The van der Waals surface area contributed by atoms with E-state index >= 15 is 0 Å². The minimum absolute atomic E-state index is 0.00609. The molecule has 29 heavy (non-hydrogen) atoms. The van der Waals surface area contributed by atoms with E-state index in [4.69, 9.17) is 0 Å². The number of sulfone groups is 1. The van der Waals surface area contributed by atoms with Crippen LogP contribution >= 0.6 is 0 Å². The summed E-state index contributed by atoms with van der Waals surface area (Å²) < 4.78 is 22.5. The van der Waals surface area contributed by atoms with Crippen molar-refractivity contribution in [3.8, 4) is 0 Å². The normalized spacial score (nSPS) is 15.4. The van der Waals surface area contributed by atoms with Crippen molar-refractivity contribution in [2.75, 3.05) is 51.3 Å². The Morgan fingerprint density at radius 3 is 2.38 bits per heavy atom. The molecule has 156 valence electrons. The van der Waals surface area contributed by atoms with Crippen LogP contribution in [0.25, 0.3) is 10.8 Å². The topological polar surface area (TPSA) is 86.8 Å². The lowest BCUT2D eigenvalue weighted by Gasteiger charge is -2.34. The average molecular weight is 418 g/mol. The van der Waals surface area contributed by atoms with Crippen LogP contribution in [0, 0.1) is 0 Å². The zero-order chi connectivity index (χ0) is 20.9. The number of piperazine rings is 1. The average Bonchev–Trinajstić information content (AvgIpc) is 2.71. The number of carbonyl (C=O) groups is 2. The highest BCUT2D eigenvalue weighted by atomic mass is 32.2. The Balaban J connectivity index is 1.41. The Morgan fingerprint density at radius 1 is 1.00 bits per heavy atom. The number of nitrogens with one attached hydrogen (secondary N) is 1. The Morgan fingerprint density at radius 2 is 1.69 bits per heavy atom. The molecule has 2 aromatic carbocycles. The molecule has 3 rings (SSSR count). The van der Waals surface area contributed by atoms with Crippen molar-refractivity contribution < 1.29 is 18.0 Å². The Kier molecular flexibility index (Phi) is 6.87. The van der Waals surface area contributed by atoms with Gasteiger partial charge in [-0.2, -0.15) is 0 Å². The van der Waals surface area contributed by atoms with E-state index in [1.165, 1.54) is 6.26 Å². The van der Waals surface area contributed by atoms with Gasteiger partial charge in [-0.1, -0.05) is 30.3 Å². The second kappa shape index (κ2) is 9.37. The van der Waals surface area contributed by atoms with E-state index in [1.807, 2.05) is 36.4 Å². The summed E-state index contributed by atoms with van der Waals surface area (Å²) in [6.07, 6.45) is 1.49. The third-order valence-electron chi connectivity index (χ3n) is 5.14. The second-order valence-electron chi connectivity index (χ2n) is 7.42.